The second-order valence-electron chi connectivity index (χ2n) is 3.62. The summed E-state index contributed by atoms with van der Waals surface area (Å²) < 4.78 is 0. The molecule has 0 aliphatic carbocycles. The predicted octanol–water partition coefficient (Wildman–Crippen LogP) is 1.36. The minimum atomic E-state index is -0.0810. The molecule has 2 nitrogen and oxygen atoms in total. The van der Waals surface area contributed by atoms with Crippen LogP contribution in [0.4, 0.5) is 0 Å². The van der Waals surface area contributed by atoms with Crippen LogP contribution in [-0.2, 0) is 6.42 Å². The highest BCUT2D eigenvalue weighted by Gasteiger charge is 2.19. The lowest BCUT2D eigenvalue weighted by Crippen LogP contribution is -2.24. The average molecular weight is 197 g/mol. The SMILES string of the molecule is O[C@@H]1CCN(CCc2ccsc2)C1. The summed E-state index contributed by atoms with van der Waals surface area (Å²) in [5.74, 6) is 0. The lowest BCUT2D eigenvalue weighted by Gasteiger charge is -2.13. The van der Waals surface area contributed by atoms with E-state index in [0.717, 1.165) is 32.5 Å². The van der Waals surface area contributed by atoms with Crippen LogP contribution in [0.5, 0.6) is 0 Å². The van der Waals surface area contributed by atoms with E-state index in [-0.39, 0.29) is 6.10 Å². The topological polar surface area (TPSA) is 23.5 Å². The van der Waals surface area contributed by atoms with Crippen LogP contribution in [-0.4, -0.2) is 35.7 Å². The number of aliphatic hydroxyl groups is 1. The number of rotatable bonds is 3. The number of hydrogen-bond acceptors (Lipinski definition) is 3. The molecule has 1 saturated heterocycles. The first-order valence-corrected chi connectivity index (χ1v) is 5.70. The Morgan fingerprint density at radius 3 is 3.15 bits per heavy atom. The Kier molecular flexibility index (Phi) is 2.98. The number of thiophene rings is 1. The fourth-order valence-electron chi connectivity index (χ4n) is 1.74. The van der Waals surface area contributed by atoms with E-state index in [1.807, 2.05) is 0 Å². The summed E-state index contributed by atoms with van der Waals surface area (Å²) >= 11 is 1.75. The van der Waals surface area contributed by atoms with Crippen molar-refractivity contribution < 1.29 is 5.11 Å². The number of likely N-dealkylation sites (tertiary alicyclic amines) is 1. The lowest BCUT2D eigenvalue weighted by atomic mass is 10.2. The number of aliphatic hydroxyl groups excluding tert-OH is 1. The van der Waals surface area contributed by atoms with Crippen molar-refractivity contribution in [1.82, 2.24) is 4.90 Å². The quantitative estimate of drug-likeness (QED) is 0.791. The zero-order valence-electron chi connectivity index (χ0n) is 7.65. The molecular weight excluding hydrogens is 182 g/mol. The molecule has 1 fully saturated rings. The van der Waals surface area contributed by atoms with Gasteiger partial charge < -0.3 is 10.0 Å². The van der Waals surface area contributed by atoms with Crippen molar-refractivity contribution in [2.24, 2.45) is 0 Å². The molecule has 0 radical (unpaired) electrons. The maximum atomic E-state index is 9.32. The molecule has 1 aliphatic rings. The van der Waals surface area contributed by atoms with E-state index in [2.05, 4.69) is 21.7 Å². The minimum absolute atomic E-state index is 0.0810. The van der Waals surface area contributed by atoms with Crippen molar-refractivity contribution in [3.8, 4) is 0 Å². The largest absolute Gasteiger partial charge is 0.392 e. The Morgan fingerprint density at radius 1 is 1.62 bits per heavy atom. The van der Waals surface area contributed by atoms with Gasteiger partial charge in [-0.25, -0.2) is 0 Å². The second-order valence-corrected chi connectivity index (χ2v) is 4.40. The third-order valence-electron chi connectivity index (χ3n) is 2.54. The normalized spacial score (nSPS) is 23.9. The summed E-state index contributed by atoms with van der Waals surface area (Å²) in [7, 11) is 0. The summed E-state index contributed by atoms with van der Waals surface area (Å²) in [5, 5.41) is 13.6. The Bertz CT molecular complexity index is 247. The molecule has 0 amide bonds. The third-order valence-corrected chi connectivity index (χ3v) is 3.28. The van der Waals surface area contributed by atoms with Crippen molar-refractivity contribution in [2.75, 3.05) is 19.6 Å². The highest BCUT2D eigenvalue weighted by Crippen LogP contribution is 2.11. The molecule has 0 bridgehead atoms. The van der Waals surface area contributed by atoms with Crippen LogP contribution in [0, 0.1) is 0 Å². The Balaban J connectivity index is 1.74. The van der Waals surface area contributed by atoms with Crippen molar-refractivity contribution in [2.45, 2.75) is 18.9 Å². The van der Waals surface area contributed by atoms with Gasteiger partial charge in [0.1, 0.15) is 0 Å². The molecule has 0 aromatic carbocycles. The summed E-state index contributed by atoms with van der Waals surface area (Å²) in [6.45, 7) is 3.02. The summed E-state index contributed by atoms with van der Waals surface area (Å²) in [6, 6.07) is 2.18. The lowest BCUT2D eigenvalue weighted by molar-refractivity contribution is 0.177. The smallest absolute Gasteiger partial charge is 0.0679 e. The summed E-state index contributed by atoms with van der Waals surface area (Å²) in [6.07, 6.45) is 1.99. The van der Waals surface area contributed by atoms with Gasteiger partial charge in [-0.05, 0) is 35.2 Å². The maximum absolute atomic E-state index is 9.32. The van der Waals surface area contributed by atoms with E-state index in [9.17, 15) is 5.11 Å². The van der Waals surface area contributed by atoms with Gasteiger partial charge in [-0.1, -0.05) is 0 Å². The Morgan fingerprint density at radius 2 is 2.54 bits per heavy atom. The molecule has 0 unspecified atom stereocenters. The van der Waals surface area contributed by atoms with E-state index in [0.29, 0.717) is 0 Å². The zero-order valence-corrected chi connectivity index (χ0v) is 8.46. The minimum Gasteiger partial charge on any atom is -0.392 e. The van der Waals surface area contributed by atoms with E-state index < -0.39 is 0 Å². The fraction of sp³-hybridized carbons (Fsp3) is 0.600. The monoisotopic (exact) mass is 197 g/mol. The maximum Gasteiger partial charge on any atom is 0.0679 e. The fourth-order valence-corrected chi connectivity index (χ4v) is 2.44. The molecule has 1 N–H and O–H groups in total. The van der Waals surface area contributed by atoms with Gasteiger partial charge in [0, 0.05) is 19.6 Å². The van der Waals surface area contributed by atoms with Crippen LogP contribution in [0.2, 0.25) is 0 Å². The molecule has 2 heterocycles. The van der Waals surface area contributed by atoms with Gasteiger partial charge in [-0.3, -0.25) is 0 Å². The van der Waals surface area contributed by atoms with E-state index in [1.54, 1.807) is 11.3 Å². The molecule has 1 atom stereocenters. The van der Waals surface area contributed by atoms with E-state index >= 15 is 0 Å². The average Bonchev–Trinajstić information content (AvgIpc) is 2.71. The van der Waals surface area contributed by atoms with E-state index in [1.165, 1.54) is 5.56 Å². The second kappa shape index (κ2) is 4.22. The zero-order chi connectivity index (χ0) is 9.10. The number of nitrogens with zero attached hydrogens (tertiary/aromatic N) is 1. The van der Waals surface area contributed by atoms with Gasteiger partial charge in [0.05, 0.1) is 6.10 Å². The molecule has 72 valence electrons. The van der Waals surface area contributed by atoms with Crippen molar-refractivity contribution in [3.05, 3.63) is 22.4 Å². The van der Waals surface area contributed by atoms with Crippen molar-refractivity contribution in [3.63, 3.8) is 0 Å². The molecular formula is C10H15NOS. The van der Waals surface area contributed by atoms with Gasteiger partial charge in [-0.2, -0.15) is 11.3 Å². The van der Waals surface area contributed by atoms with Crippen LogP contribution < -0.4 is 0 Å². The predicted molar refractivity (Wildman–Crippen MR) is 55.1 cm³/mol. The molecule has 13 heavy (non-hydrogen) atoms. The standard InChI is InChI=1S/C10H15NOS/c12-10-2-5-11(7-10)4-1-9-3-6-13-8-9/h3,6,8,10,12H,1-2,4-5,7H2/t10-/m1/s1. The van der Waals surface area contributed by atoms with Gasteiger partial charge in [0.15, 0.2) is 0 Å². The number of β-amino-alcohol motifs (C(OH)–C–C–N with tert-alkyl or cyclic N) is 1. The summed E-state index contributed by atoms with van der Waals surface area (Å²) in [5.41, 5.74) is 1.42. The number of hydrogen-bond donors (Lipinski definition) is 1. The first-order chi connectivity index (χ1) is 6.34. The van der Waals surface area contributed by atoms with Crippen LogP contribution >= 0.6 is 11.3 Å². The highest BCUT2D eigenvalue weighted by atomic mass is 32.1. The van der Waals surface area contributed by atoms with Crippen LogP contribution in [0.3, 0.4) is 0 Å². The van der Waals surface area contributed by atoms with Gasteiger partial charge >= 0.3 is 0 Å². The molecule has 1 aromatic heterocycles. The first kappa shape index (κ1) is 9.19. The van der Waals surface area contributed by atoms with Gasteiger partial charge in [0.25, 0.3) is 0 Å². The third kappa shape index (κ3) is 2.53. The molecule has 3 heteroatoms. The Labute approximate surface area is 82.8 Å². The molecule has 0 spiro atoms. The van der Waals surface area contributed by atoms with Crippen molar-refractivity contribution in [1.29, 1.82) is 0 Å². The Hall–Kier alpha value is -0.380. The van der Waals surface area contributed by atoms with E-state index in [4.69, 9.17) is 0 Å². The molecule has 1 aromatic rings. The molecule has 0 saturated carbocycles. The summed E-state index contributed by atoms with van der Waals surface area (Å²) in [4.78, 5) is 2.34. The van der Waals surface area contributed by atoms with Crippen LogP contribution in [0.15, 0.2) is 16.8 Å². The molecule has 1 aliphatic heterocycles. The van der Waals surface area contributed by atoms with Gasteiger partial charge in [-0.15, -0.1) is 0 Å². The highest BCUT2D eigenvalue weighted by molar-refractivity contribution is 7.07. The molecule has 2 rings (SSSR count). The first-order valence-electron chi connectivity index (χ1n) is 4.76. The van der Waals surface area contributed by atoms with Crippen LogP contribution in [0.1, 0.15) is 12.0 Å². The van der Waals surface area contributed by atoms with Gasteiger partial charge in [0.2, 0.25) is 0 Å². The van der Waals surface area contributed by atoms with Crippen LogP contribution in [0.25, 0.3) is 0 Å². The van der Waals surface area contributed by atoms with Crippen molar-refractivity contribution >= 4 is 11.3 Å².